The maximum atomic E-state index is 9.58. The number of halogens is 1. The van der Waals surface area contributed by atoms with Gasteiger partial charge in [-0.3, -0.25) is 0 Å². The molecule has 1 aromatic carbocycles. The van der Waals surface area contributed by atoms with Crippen molar-refractivity contribution < 1.29 is 5.11 Å². The van der Waals surface area contributed by atoms with Crippen LogP contribution in [0.5, 0.6) is 5.75 Å². The van der Waals surface area contributed by atoms with Crippen LogP contribution in [0.2, 0.25) is 0 Å². The lowest BCUT2D eigenvalue weighted by Gasteiger charge is -2.42. The molecule has 0 aliphatic heterocycles. The number of phenolic OH excluding ortho intramolecular Hbond substituents is 1. The lowest BCUT2D eigenvalue weighted by molar-refractivity contribution is 0.142. The fourth-order valence-electron chi connectivity index (χ4n) is 3.52. The molecule has 2 rings (SSSR count). The van der Waals surface area contributed by atoms with Gasteiger partial charge >= 0.3 is 0 Å². The van der Waals surface area contributed by atoms with Gasteiger partial charge < -0.3 is 5.11 Å². The van der Waals surface area contributed by atoms with Crippen molar-refractivity contribution in [2.24, 2.45) is 17.3 Å². The first-order chi connectivity index (χ1) is 8.88. The minimum atomic E-state index is 0.181. The van der Waals surface area contributed by atoms with Crippen molar-refractivity contribution in [3.8, 4) is 5.75 Å². The van der Waals surface area contributed by atoms with Crippen LogP contribution >= 0.6 is 11.6 Å². The molecule has 0 bridgehead atoms. The molecule has 1 aromatic rings. The van der Waals surface area contributed by atoms with Gasteiger partial charge in [0.15, 0.2) is 0 Å². The number of alkyl halides is 1. The molecule has 1 fully saturated rings. The third kappa shape index (κ3) is 3.66. The topological polar surface area (TPSA) is 20.2 Å². The lowest BCUT2D eigenvalue weighted by Crippen LogP contribution is -2.37. The highest BCUT2D eigenvalue weighted by atomic mass is 35.5. The fraction of sp³-hybridized carbons (Fsp3) is 0.647. The van der Waals surface area contributed by atoms with Gasteiger partial charge in [-0.25, -0.2) is 0 Å². The molecule has 1 saturated carbocycles. The van der Waals surface area contributed by atoms with E-state index in [4.69, 9.17) is 11.6 Å². The maximum Gasteiger partial charge on any atom is 0.115 e. The van der Waals surface area contributed by atoms with Gasteiger partial charge in [0.25, 0.3) is 0 Å². The average molecular weight is 281 g/mol. The van der Waals surface area contributed by atoms with Gasteiger partial charge in [-0.2, -0.15) is 0 Å². The second-order valence-corrected chi connectivity index (χ2v) is 7.44. The van der Waals surface area contributed by atoms with Crippen LogP contribution in [0.1, 0.15) is 45.6 Å². The number of rotatable bonds is 3. The standard InChI is InChI=1S/C17H25ClO/c1-12-7-8-15(16(18)9-12)17(2,3)11-13-5-4-6-14(19)10-13/h4-6,10,12,15-16,19H,7-9,11H2,1-3H3. The molecule has 1 N–H and O–H groups in total. The van der Waals surface area contributed by atoms with Crippen LogP contribution in [0.25, 0.3) is 0 Å². The lowest BCUT2D eigenvalue weighted by atomic mass is 9.66. The smallest absolute Gasteiger partial charge is 0.115 e. The van der Waals surface area contributed by atoms with Crippen LogP contribution in [0.4, 0.5) is 0 Å². The Morgan fingerprint density at radius 2 is 2.05 bits per heavy atom. The van der Waals surface area contributed by atoms with Gasteiger partial charge in [-0.15, -0.1) is 11.6 Å². The molecule has 106 valence electrons. The second kappa shape index (κ2) is 5.75. The molecule has 1 nitrogen and oxygen atoms in total. The van der Waals surface area contributed by atoms with Crippen molar-refractivity contribution in [3.63, 3.8) is 0 Å². The summed E-state index contributed by atoms with van der Waals surface area (Å²) in [5.74, 6) is 1.68. The summed E-state index contributed by atoms with van der Waals surface area (Å²) >= 11 is 6.61. The molecule has 1 aliphatic rings. The first kappa shape index (κ1) is 14.7. The average Bonchev–Trinajstić information content (AvgIpc) is 2.27. The predicted octanol–water partition coefficient (Wildman–Crippen LogP) is 5.00. The highest BCUT2D eigenvalue weighted by molar-refractivity contribution is 6.20. The Labute approximate surface area is 122 Å². The van der Waals surface area contributed by atoms with Crippen LogP contribution in [0, 0.1) is 17.3 Å². The molecule has 1 aliphatic carbocycles. The molecule has 0 aromatic heterocycles. The number of hydrogen-bond acceptors (Lipinski definition) is 1. The Kier molecular flexibility index (Phi) is 4.45. The molecule has 3 atom stereocenters. The molecule has 0 saturated heterocycles. The molecule has 0 amide bonds. The summed E-state index contributed by atoms with van der Waals surface area (Å²) in [6, 6.07) is 7.61. The van der Waals surface area contributed by atoms with Crippen LogP contribution < -0.4 is 0 Å². The number of aromatic hydroxyl groups is 1. The van der Waals surface area contributed by atoms with E-state index in [2.05, 4.69) is 26.8 Å². The number of benzene rings is 1. The predicted molar refractivity (Wildman–Crippen MR) is 81.7 cm³/mol. The minimum absolute atomic E-state index is 0.181. The summed E-state index contributed by atoms with van der Waals surface area (Å²) in [6.45, 7) is 6.92. The van der Waals surface area contributed by atoms with Crippen molar-refractivity contribution in [2.75, 3.05) is 0 Å². The number of hydrogen-bond donors (Lipinski definition) is 1. The van der Waals surface area contributed by atoms with E-state index in [1.54, 1.807) is 6.07 Å². The summed E-state index contributed by atoms with van der Waals surface area (Å²) < 4.78 is 0. The second-order valence-electron chi connectivity index (χ2n) is 6.88. The van der Waals surface area contributed by atoms with E-state index in [1.165, 1.54) is 18.4 Å². The first-order valence-electron chi connectivity index (χ1n) is 7.30. The molecular weight excluding hydrogens is 256 g/mol. The Balaban J connectivity index is 2.09. The largest absolute Gasteiger partial charge is 0.508 e. The van der Waals surface area contributed by atoms with Crippen molar-refractivity contribution in [1.29, 1.82) is 0 Å². The molecule has 2 heteroatoms. The highest BCUT2D eigenvalue weighted by Crippen LogP contribution is 2.44. The Bertz CT molecular complexity index is 427. The summed E-state index contributed by atoms with van der Waals surface area (Å²) in [7, 11) is 0. The zero-order chi connectivity index (χ0) is 14.0. The van der Waals surface area contributed by atoms with E-state index in [0.29, 0.717) is 11.7 Å². The molecule has 3 unspecified atom stereocenters. The van der Waals surface area contributed by atoms with Gasteiger partial charge in [0.1, 0.15) is 5.75 Å². The van der Waals surface area contributed by atoms with Crippen molar-refractivity contribution in [1.82, 2.24) is 0 Å². The zero-order valence-electron chi connectivity index (χ0n) is 12.2. The monoisotopic (exact) mass is 280 g/mol. The Morgan fingerprint density at radius 3 is 2.68 bits per heavy atom. The molecule has 0 heterocycles. The van der Waals surface area contributed by atoms with Crippen LogP contribution in [-0.4, -0.2) is 10.5 Å². The van der Waals surface area contributed by atoms with Crippen LogP contribution in [-0.2, 0) is 6.42 Å². The van der Waals surface area contributed by atoms with Crippen LogP contribution in [0.15, 0.2) is 24.3 Å². The van der Waals surface area contributed by atoms with Crippen LogP contribution in [0.3, 0.4) is 0 Å². The Hall–Kier alpha value is -0.690. The van der Waals surface area contributed by atoms with Gasteiger partial charge in [0.2, 0.25) is 0 Å². The van der Waals surface area contributed by atoms with Crippen molar-refractivity contribution >= 4 is 11.6 Å². The van der Waals surface area contributed by atoms with Crippen molar-refractivity contribution in [2.45, 2.75) is 51.8 Å². The van der Waals surface area contributed by atoms with Gasteiger partial charge in [0.05, 0.1) is 0 Å². The number of phenols is 1. The minimum Gasteiger partial charge on any atom is -0.508 e. The highest BCUT2D eigenvalue weighted by Gasteiger charge is 2.38. The van der Waals surface area contributed by atoms with E-state index >= 15 is 0 Å². The summed E-state index contributed by atoms with van der Waals surface area (Å²) in [5, 5.41) is 9.87. The molecule has 19 heavy (non-hydrogen) atoms. The van der Waals surface area contributed by atoms with E-state index in [-0.39, 0.29) is 10.8 Å². The van der Waals surface area contributed by atoms with E-state index in [0.717, 1.165) is 18.8 Å². The fourth-order valence-corrected chi connectivity index (χ4v) is 4.29. The quantitative estimate of drug-likeness (QED) is 0.772. The van der Waals surface area contributed by atoms with E-state index < -0.39 is 0 Å². The summed E-state index contributed by atoms with van der Waals surface area (Å²) in [5.41, 5.74) is 1.38. The van der Waals surface area contributed by atoms with Gasteiger partial charge in [-0.1, -0.05) is 39.3 Å². The normalized spacial score (nSPS) is 28.3. The van der Waals surface area contributed by atoms with E-state index in [9.17, 15) is 5.11 Å². The van der Waals surface area contributed by atoms with Crippen molar-refractivity contribution in [3.05, 3.63) is 29.8 Å². The van der Waals surface area contributed by atoms with Gasteiger partial charge in [0, 0.05) is 5.38 Å². The summed E-state index contributed by atoms with van der Waals surface area (Å²) in [6.07, 6.45) is 4.62. The third-order valence-corrected chi connectivity index (χ3v) is 5.09. The SMILES string of the molecule is CC1CCC(C(C)(C)Cc2cccc(O)c2)C(Cl)C1. The molecular formula is C17H25ClO. The molecule has 0 radical (unpaired) electrons. The van der Waals surface area contributed by atoms with Gasteiger partial charge in [-0.05, 0) is 54.2 Å². The zero-order valence-corrected chi connectivity index (χ0v) is 13.0. The third-order valence-electron chi connectivity index (χ3n) is 4.61. The Morgan fingerprint density at radius 1 is 1.32 bits per heavy atom. The summed E-state index contributed by atoms with van der Waals surface area (Å²) in [4.78, 5) is 0. The van der Waals surface area contributed by atoms with E-state index in [1.807, 2.05) is 12.1 Å². The first-order valence-corrected chi connectivity index (χ1v) is 7.74. The molecule has 0 spiro atoms. The maximum absolute atomic E-state index is 9.58.